The Balaban J connectivity index is 2.31. The van der Waals surface area contributed by atoms with Gasteiger partial charge in [0.05, 0.1) is 24.4 Å². The van der Waals surface area contributed by atoms with Crippen LogP contribution in [-0.4, -0.2) is 25.2 Å². The van der Waals surface area contributed by atoms with Gasteiger partial charge in [-0.05, 0) is 50.4 Å². The molecule has 4 nitrogen and oxygen atoms in total. The van der Waals surface area contributed by atoms with Gasteiger partial charge in [-0.1, -0.05) is 58.8 Å². The molecular formula is C23H38O4. The Morgan fingerprint density at radius 3 is 1.41 bits per heavy atom. The third-order valence-corrected chi connectivity index (χ3v) is 5.97. The minimum atomic E-state index is -0.261. The van der Waals surface area contributed by atoms with E-state index in [0.717, 1.165) is 77.0 Å². The molecule has 2 rings (SSSR count). The summed E-state index contributed by atoms with van der Waals surface area (Å²) in [6, 6.07) is 0. The van der Waals surface area contributed by atoms with Gasteiger partial charge in [-0.3, -0.25) is 0 Å². The van der Waals surface area contributed by atoms with Crippen molar-refractivity contribution in [2.24, 2.45) is 11.8 Å². The molecule has 0 aromatic heterocycles. The van der Waals surface area contributed by atoms with E-state index in [0.29, 0.717) is 24.4 Å². The lowest BCUT2D eigenvalue weighted by Crippen LogP contribution is -2.27. The first-order valence-electron chi connectivity index (χ1n) is 11.3. The maximum absolute atomic E-state index is 13.1. The Hall–Kier alpha value is -1.32. The predicted octanol–water partition coefficient (Wildman–Crippen LogP) is 5.74. The summed E-state index contributed by atoms with van der Waals surface area (Å²) in [5, 5.41) is 0. The zero-order valence-electron chi connectivity index (χ0n) is 17.4. The average Bonchev–Trinajstić information content (AvgIpc) is 3.21. The average molecular weight is 379 g/mol. The maximum Gasteiger partial charge on any atom is 0.334 e. The third-order valence-electron chi connectivity index (χ3n) is 5.97. The van der Waals surface area contributed by atoms with Gasteiger partial charge in [-0.2, -0.15) is 0 Å². The van der Waals surface area contributed by atoms with Gasteiger partial charge in [-0.15, -0.1) is 0 Å². The molecule has 2 saturated carbocycles. The highest BCUT2D eigenvalue weighted by Gasteiger charge is 2.36. The van der Waals surface area contributed by atoms with Crippen LogP contribution in [0.1, 0.15) is 97.3 Å². The molecule has 0 radical (unpaired) electrons. The fraction of sp³-hybridized carbons (Fsp3) is 0.826. The van der Waals surface area contributed by atoms with E-state index in [1.54, 1.807) is 0 Å². The maximum atomic E-state index is 13.1. The quantitative estimate of drug-likeness (QED) is 0.276. The zero-order valence-corrected chi connectivity index (χ0v) is 17.4. The van der Waals surface area contributed by atoms with Crippen LogP contribution in [0, 0.1) is 11.8 Å². The van der Waals surface area contributed by atoms with E-state index in [9.17, 15) is 9.59 Å². The van der Waals surface area contributed by atoms with Crippen molar-refractivity contribution in [2.75, 3.05) is 13.2 Å². The second-order valence-electron chi connectivity index (χ2n) is 8.12. The van der Waals surface area contributed by atoms with E-state index in [1.165, 1.54) is 6.42 Å². The van der Waals surface area contributed by atoms with Gasteiger partial charge in [0.15, 0.2) is 0 Å². The van der Waals surface area contributed by atoms with E-state index in [1.807, 2.05) is 0 Å². The number of ether oxygens (including phenoxy) is 2. The molecule has 0 amide bonds. The molecule has 2 fully saturated rings. The lowest BCUT2D eigenvalue weighted by Gasteiger charge is -2.27. The fourth-order valence-corrected chi connectivity index (χ4v) is 4.37. The van der Waals surface area contributed by atoms with Crippen LogP contribution in [0.4, 0.5) is 0 Å². The van der Waals surface area contributed by atoms with Crippen LogP contribution in [0.15, 0.2) is 11.1 Å². The second kappa shape index (κ2) is 12.2. The summed E-state index contributed by atoms with van der Waals surface area (Å²) >= 11 is 0. The number of hydrogen-bond acceptors (Lipinski definition) is 4. The molecular weight excluding hydrogens is 340 g/mol. The number of hydrogen-bond donors (Lipinski definition) is 0. The first-order chi connectivity index (χ1) is 13.2. The summed E-state index contributed by atoms with van der Waals surface area (Å²) in [6.07, 6.45) is 13.4. The van der Waals surface area contributed by atoms with Crippen molar-refractivity contribution in [2.45, 2.75) is 97.3 Å². The molecule has 154 valence electrons. The molecule has 0 bridgehead atoms. The van der Waals surface area contributed by atoms with Crippen LogP contribution < -0.4 is 0 Å². The zero-order chi connectivity index (χ0) is 19.5. The lowest BCUT2D eigenvalue weighted by molar-refractivity contribution is -0.143. The van der Waals surface area contributed by atoms with Gasteiger partial charge in [-0.25, -0.2) is 9.59 Å². The monoisotopic (exact) mass is 378 g/mol. The van der Waals surface area contributed by atoms with Crippen LogP contribution in [0.5, 0.6) is 0 Å². The number of esters is 2. The van der Waals surface area contributed by atoms with E-state index in [2.05, 4.69) is 13.8 Å². The molecule has 2 aliphatic rings. The molecule has 2 aliphatic carbocycles. The molecule has 0 spiro atoms. The molecule has 4 heteroatoms. The van der Waals surface area contributed by atoms with Crippen molar-refractivity contribution < 1.29 is 19.1 Å². The minimum Gasteiger partial charge on any atom is -0.462 e. The summed E-state index contributed by atoms with van der Waals surface area (Å²) in [5.41, 5.74) is 1.33. The van der Waals surface area contributed by atoms with Crippen LogP contribution in [0.2, 0.25) is 0 Å². The Kier molecular flexibility index (Phi) is 9.93. The van der Waals surface area contributed by atoms with Crippen molar-refractivity contribution in [1.29, 1.82) is 0 Å². The minimum absolute atomic E-state index is 0.155. The summed E-state index contributed by atoms with van der Waals surface area (Å²) in [4.78, 5) is 26.1. The van der Waals surface area contributed by atoms with E-state index >= 15 is 0 Å². The molecule has 0 aromatic carbocycles. The first-order valence-corrected chi connectivity index (χ1v) is 11.3. The molecule has 0 aromatic rings. The van der Waals surface area contributed by atoms with Gasteiger partial charge in [0.1, 0.15) is 0 Å². The summed E-state index contributed by atoms with van der Waals surface area (Å²) in [5.74, 6) is -0.204. The molecule has 27 heavy (non-hydrogen) atoms. The van der Waals surface area contributed by atoms with Gasteiger partial charge < -0.3 is 9.47 Å². The van der Waals surface area contributed by atoms with Gasteiger partial charge in [0.2, 0.25) is 0 Å². The number of carbonyl (C=O) groups excluding carboxylic acids is 2. The molecule has 0 heterocycles. The van der Waals surface area contributed by atoms with E-state index in [-0.39, 0.29) is 23.8 Å². The molecule has 0 N–H and O–H groups in total. The number of rotatable bonds is 10. The fourth-order valence-electron chi connectivity index (χ4n) is 4.37. The Morgan fingerprint density at radius 1 is 0.667 bits per heavy atom. The Labute approximate surface area is 165 Å². The molecule has 0 unspecified atom stereocenters. The van der Waals surface area contributed by atoms with Crippen LogP contribution >= 0.6 is 0 Å². The van der Waals surface area contributed by atoms with Crippen LogP contribution in [-0.2, 0) is 19.1 Å². The number of carbonyl (C=O) groups is 2. The van der Waals surface area contributed by atoms with E-state index < -0.39 is 0 Å². The Bertz CT molecular complexity index is 497. The van der Waals surface area contributed by atoms with Crippen molar-refractivity contribution in [1.82, 2.24) is 0 Å². The summed E-state index contributed by atoms with van der Waals surface area (Å²) in [6.45, 7) is 5.05. The lowest BCUT2D eigenvalue weighted by atomic mass is 9.79. The number of unbranched alkanes of at least 4 members (excludes halogenated alkanes) is 2. The Morgan fingerprint density at radius 2 is 1.04 bits per heavy atom. The third kappa shape index (κ3) is 6.65. The SMILES string of the molecule is CCCCOC(=O)/C(=C(\C(=O)OCCCC)C1CCCC1)C1CCCCC1. The summed E-state index contributed by atoms with van der Waals surface area (Å²) in [7, 11) is 0. The van der Waals surface area contributed by atoms with Crippen LogP contribution in [0.3, 0.4) is 0 Å². The topological polar surface area (TPSA) is 52.6 Å². The van der Waals surface area contributed by atoms with Crippen molar-refractivity contribution in [3.63, 3.8) is 0 Å². The van der Waals surface area contributed by atoms with Gasteiger partial charge in [0, 0.05) is 0 Å². The van der Waals surface area contributed by atoms with E-state index in [4.69, 9.17) is 9.47 Å². The van der Waals surface area contributed by atoms with Crippen LogP contribution in [0.25, 0.3) is 0 Å². The highest BCUT2D eigenvalue weighted by atomic mass is 16.5. The standard InChI is InChI=1S/C23H38O4/c1-3-5-16-26-22(24)20(18-12-8-7-9-13-18)21(19-14-10-11-15-19)23(25)27-17-6-4-2/h18-19H,3-17H2,1-2H3/b21-20-. The largest absolute Gasteiger partial charge is 0.462 e. The van der Waals surface area contributed by atoms with Crippen molar-refractivity contribution >= 4 is 11.9 Å². The van der Waals surface area contributed by atoms with Crippen molar-refractivity contribution in [3.05, 3.63) is 11.1 Å². The first kappa shape index (κ1) is 22.0. The normalized spacial score (nSPS) is 19.6. The second-order valence-corrected chi connectivity index (χ2v) is 8.12. The van der Waals surface area contributed by atoms with Crippen molar-refractivity contribution in [3.8, 4) is 0 Å². The highest BCUT2D eigenvalue weighted by Crippen LogP contribution is 2.39. The molecule has 0 aliphatic heterocycles. The van der Waals surface area contributed by atoms with Gasteiger partial charge >= 0.3 is 11.9 Å². The predicted molar refractivity (Wildman–Crippen MR) is 107 cm³/mol. The summed E-state index contributed by atoms with van der Waals surface area (Å²) < 4.78 is 11.2. The smallest absolute Gasteiger partial charge is 0.334 e. The molecule has 0 atom stereocenters. The molecule has 0 saturated heterocycles. The highest BCUT2D eigenvalue weighted by molar-refractivity contribution is 6.01. The van der Waals surface area contributed by atoms with Gasteiger partial charge in [0.25, 0.3) is 0 Å².